The summed E-state index contributed by atoms with van der Waals surface area (Å²) in [5, 5.41) is 3.78. The molecule has 1 fully saturated rings. The first-order valence-electron chi connectivity index (χ1n) is 8.19. The van der Waals surface area contributed by atoms with Crippen molar-refractivity contribution in [3.05, 3.63) is 29.8 Å². The molecule has 2 heteroatoms. The summed E-state index contributed by atoms with van der Waals surface area (Å²) in [5.74, 6) is 1.75. The highest BCUT2D eigenvalue weighted by atomic mass is 16.5. The van der Waals surface area contributed by atoms with E-state index in [0.29, 0.717) is 6.04 Å². The second kappa shape index (κ2) is 8.31. The van der Waals surface area contributed by atoms with Crippen LogP contribution in [0.5, 0.6) is 5.75 Å². The lowest BCUT2D eigenvalue weighted by Gasteiger charge is -2.26. The number of ether oxygens (including phenoxy) is 1. The topological polar surface area (TPSA) is 21.3 Å². The van der Waals surface area contributed by atoms with Crippen molar-refractivity contribution < 1.29 is 4.74 Å². The summed E-state index contributed by atoms with van der Waals surface area (Å²) < 4.78 is 5.34. The highest BCUT2D eigenvalue weighted by Crippen LogP contribution is 2.27. The average molecular weight is 275 g/mol. The maximum Gasteiger partial charge on any atom is 0.119 e. The zero-order valence-corrected chi connectivity index (χ0v) is 13.0. The molecule has 2 atom stereocenters. The molecule has 0 aliphatic heterocycles. The lowest BCUT2D eigenvalue weighted by molar-refractivity contribution is 0.332. The van der Waals surface area contributed by atoms with Crippen molar-refractivity contribution in [2.45, 2.75) is 57.9 Å². The van der Waals surface area contributed by atoms with E-state index in [2.05, 4.69) is 30.4 Å². The molecule has 0 amide bonds. The Hall–Kier alpha value is -1.02. The van der Waals surface area contributed by atoms with Crippen LogP contribution in [0.4, 0.5) is 0 Å². The van der Waals surface area contributed by atoms with Gasteiger partial charge in [-0.15, -0.1) is 0 Å². The van der Waals surface area contributed by atoms with Gasteiger partial charge in [0.1, 0.15) is 5.75 Å². The van der Waals surface area contributed by atoms with E-state index >= 15 is 0 Å². The summed E-state index contributed by atoms with van der Waals surface area (Å²) in [4.78, 5) is 0. The summed E-state index contributed by atoms with van der Waals surface area (Å²) in [6.07, 6.45) is 9.28. The van der Waals surface area contributed by atoms with Crippen LogP contribution in [0, 0.1) is 5.92 Å². The molecule has 0 bridgehead atoms. The van der Waals surface area contributed by atoms with Crippen LogP contribution in [-0.4, -0.2) is 19.7 Å². The molecule has 1 aromatic carbocycles. The summed E-state index contributed by atoms with van der Waals surface area (Å²) >= 11 is 0. The van der Waals surface area contributed by atoms with Crippen LogP contribution < -0.4 is 10.1 Å². The van der Waals surface area contributed by atoms with Gasteiger partial charge in [-0.2, -0.15) is 0 Å². The molecule has 0 saturated heterocycles. The molecule has 1 saturated carbocycles. The standard InChI is InChI=1S/C18H29NO/c1-3-12-19-18-11-6-4-5-9-16(18)13-15-8-7-10-17(14-15)20-2/h7-8,10,14,16,18-19H,3-6,9,11-13H2,1-2H3. The Morgan fingerprint density at radius 1 is 1.20 bits per heavy atom. The minimum atomic E-state index is 0.698. The minimum absolute atomic E-state index is 0.698. The van der Waals surface area contributed by atoms with E-state index in [9.17, 15) is 0 Å². The van der Waals surface area contributed by atoms with Gasteiger partial charge < -0.3 is 10.1 Å². The fourth-order valence-electron chi connectivity index (χ4n) is 3.33. The second-order valence-corrected chi connectivity index (χ2v) is 6.01. The van der Waals surface area contributed by atoms with E-state index in [1.807, 2.05) is 6.07 Å². The van der Waals surface area contributed by atoms with Crippen LogP contribution in [0.25, 0.3) is 0 Å². The van der Waals surface area contributed by atoms with Crippen LogP contribution in [0.15, 0.2) is 24.3 Å². The maximum atomic E-state index is 5.34. The predicted octanol–water partition coefficient (Wildman–Crippen LogP) is 4.19. The van der Waals surface area contributed by atoms with E-state index in [-0.39, 0.29) is 0 Å². The Morgan fingerprint density at radius 3 is 2.85 bits per heavy atom. The molecule has 0 aromatic heterocycles. The predicted molar refractivity (Wildman–Crippen MR) is 85.4 cm³/mol. The summed E-state index contributed by atoms with van der Waals surface area (Å²) in [7, 11) is 1.75. The first-order valence-corrected chi connectivity index (χ1v) is 8.19. The van der Waals surface area contributed by atoms with Crippen molar-refractivity contribution in [2.24, 2.45) is 5.92 Å². The molecule has 0 radical (unpaired) electrons. The lowest BCUT2D eigenvalue weighted by atomic mass is 9.88. The van der Waals surface area contributed by atoms with Crippen LogP contribution in [0.1, 0.15) is 51.0 Å². The molecule has 1 N–H and O–H groups in total. The monoisotopic (exact) mass is 275 g/mol. The van der Waals surface area contributed by atoms with Gasteiger partial charge in [0, 0.05) is 6.04 Å². The fraction of sp³-hybridized carbons (Fsp3) is 0.667. The quantitative estimate of drug-likeness (QED) is 0.786. The molecule has 0 spiro atoms. The number of hydrogen-bond donors (Lipinski definition) is 1. The van der Waals surface area contributed by atoms with Crippen LogP contribution in [0.2, 0.25) is 0 Å². The van der Waals surface area contributed by atoms with Gasteiger partial charge in [0.15, 0.2) is 0 Å². The van der Waals surface area contributed by atoms with Gasteiger partial charge in [0.25, 0.3) is 0 Å². The first kappa shape index (κ1) is 15.4. The molecule has 1 aliphatic carbocycles. The van der Waals surface area contributed by atoms with E-state index < -0.39 is 0 Å². The van der Waals surface area contributed by atoms with Crippen molar-refractivity contribution >= 4 is 0 Å². The molecule has 2 unspecified atom stereocenters. The molecular formula is C18H29NO. The number of rotatable bonds is 6. The van der Waals surface area contributed by atoms with E-state index in [1.54, 1.807) is 7.11 Å². The molecule has 1 aromatic rings. The molecular weight excluding hydrogens is 246 g/mol. The highest BCUT2D eigenvalue weighted by Gasteiger charge is 2.23. The van der Waals surface area contributed by atoms with Crippen molar-refractivity contribution in [1.82, 2.24) is 5.32 Å². The third-order valence-corrected chi connectivity index (χ3v) is 4.45. The van der Waals surface area contributed by atoms with Gasteiger partial charge in [-0.05, 0) is 55.8 Å². The zero-order chi connectivity index (χ0) is 14.2. The number of methoxy groups -OCH3 is 1. The molecule has 2 rings (SSSR count). The summed E-state index contributed by atoms with van der Waals surface area (Å²) in [5.41, 5.74) is 1.42. The van der Waals surface area contributed by atoms with Gasteiger partial charge in [-0.1, -0.05) is 38.3 Å². The largest absolute Gasteiger partial charge is 0.497 e. The highest BCUT2D eigenvalue weighted by molar-refractivity contribution is 5.28. The van der Waals surface area contributed by atoms with Crippen molar-refractivity contribution in [3.8, 4) is 5.75 Å². The summed E-state index contributed by atoms with van der Waals surface area (Å²) in [6, 6.07) is 9.28. The third kappa shape index (κ3) is 4.52. The molecule has 20 heavy (non-hydrogen) atoms. The fourth-order valence-corrected chi connectivity index (χ4v) is 3.33. The Balaban J connectivity index is 2.01. The molecule has 1 aliphatic rings. The Kier molecular flexibility index (Phi) is 6.38. The number of nitrogens with one attached hydrogen (secondary N) is 1. The van der Waals surface area contributed by atoms with Crippen LogP contribution in [-0.2, 0) is 6.42 Å². The van der Waals surface area contributed by atoms with Gasteiger partial charge in [-0.25, -0.2) is 0 Å². The van der Waals surface area contributed by atoms with Crippen molar-refractivity contribution in [1.29, 1.82) is 0 Å². The van der Waals surface area contributed by atoms with Gasteiger partial charge in [0.05, 0.1) is 7.11 Å². The van der Waals surface area contributed by atoms with Crippen LogP contribution in [0.3, 0.4) is 0 Å². The smallest absolute Gasteiger partial charge is 0.119 e. The second-order valence-electron chi connectivity index (χ2n) is 6.01. The minimum Gasteiger partial charge on any atom is -0.497 e. The Morgan fingerprint density at radius 2 is 2.05 bits per heavy atom. The Labute approximate surface area is 123 Å². The number of hydrogen-bond acceptors (Lipinski definition) is 2. The lowest BCUT2D eigenvalue weighted by Crippen LogP contribution is -2.37. The Bertz CT molecular complexity index is 391. The van der Waals surface area contributed by atoms with E-state index in [0.717, 1.165) is 18.2 Å². The van der Waals surface area contributed by atoms with E-state index in [4.69, 9.17) is 4.74 Å². The SMILES string of the molecule is CCCNC1CCCCCC1Cc1cccc(OC)c1. The zero-order valence-electron chi connectivity index (χ0n) is 13.0. The molecule has 112 valence electrons. The van der Waals surface area contributed by atoms with Gasteiger partial charge >= 0.3 is 0 Å². The third-order valence-electron chi connectivity index (χ3n) is 4.45. The maximum absolute atomic E-state index is 5.34. The first-order chi connectivity index (χ1) is 9.83. The van der Waals surface area contributed by atoms with Gasteiger partial charge in [-0.3, -0.25) is 0 Å². The van der Waals surface area contributed by atoms with Crippen molar-refractivity contribution in [2.75, 3.05) is 13.7 Å². The van der Waals surface area contributed by atoms with E-state index in [1.165, 1.54) is 50.5 Å². The van der Waals surface area contributed by atoms with Crippen LogP contribution >= 0.6 is 0 Å². The van der Waals surface area contributed by atoms with Gasteiger partial charge in [0.2, 0.25) is 0 Å². The summed E-state index contributed by atoms with van der Waals surface area (Å²) in [6.45, 7) is 3.40. The normalized spacial score (nSPS) is 23.3. The molecule has 2 nitrogen and oxygen atoms in total. The van der Waals surface area contributed by atoms with Crippen molar-refractivity contribution in [3.63, 3.8) is 0 Å². The average Bonchev–Trinajstić information content (AvgIpc) is 2.70. The number of benzene rings is 1. The molecule has 0 heterocycles.